The zero-order valence-electron chi connectivity index (χ0n) is 11.2. The minimum Gasteiger partial charge on any atom is -0.497 e. The lowest BCUT2D eigenvalue weighted by atomic mass is 10.1. The predicted octanol–water partition coefficient (Wildman–Crippen LogP) is 2.60. The van der Waals surface area contributed by atoms with Crippen LogP contribution in [0.4, 0.5) is 5.69 Å². The number of hydrogen-bond donors (Lipinski definition) is 1. The Balaban J connectivity index is 2.04. The standard InChI is InChI=1S/C14H22N2OS/c1-3-13-10-16(6-7-18-13)9-11-8-12(17-2)4-5-14(11)15/h4-5,8,13H,3,6-7,9-10,15H2,1-2H3. The Bertz CT molecular complexity index is 397. The highest BCUT2D eigenvalue weighted by molar-refractivity contribution is 8.00. The van der Waals surface area contributed by atoms with Gasteiger partial charge in [0.1, 0.15) is 5.75 Å². The van der Waals surface area contributed by atoms with Gasteiger partial charge in [-0.2, -0.15) is 11.8 Å². The van der Waals surface area contributed by atoms with Gasteiger partial charge in [-0.3, -0.25) is 4.90 Å². The second-order valence-electron chi connectivity index (χ2n) is 4.70. The Labute approximate surface area is 114 Å². The molecule has 1 aromatic carbocycles. The summed E-state index contributed by atoms with van der Waals surface area (Å²) in [5, 5.41) is 0.769. The quantitative estimate of drug-likeness (QED) is 0.850. The SMILES string of the molecule is CCC1CN(Cc2cc(OC)ccc2N)CCS1. The number of nitrogen functional groups attached to an aromatic ring is 1. The molecule has 0 amide bonds. The Morgan fingerprint density at radius 2 is 2.33 bits per heavy atom. The molecule has 1 saturated heterocycles. The van der Waals surface area contributed by atoms with Gasteiger partial charge < -0.3 is 10.5 Å². The third kappa shape index (κ3) is 3.33. The molecule has 0 radical (unpaired) electrons. The minimum absolute atomic E-state index is 0.769. The Morgan fingerprint density at radius 1 is 1.50 bits per heavy atom. The molecule has 2 rings (SSSR count). The highest BCUT2D eigenvalue weighted by Gasteiger charge is 2.19. The molecular weight excluding hydrogens is 244 g/mol. The van der Waals surface area contributed by atoms with Gasteiger partial charge in [0, 0.05) is 36.3 Å². The third-order valence-corrected chi connectivity index (χ3v) is 4.79. The fourth-order valence-corrected chi connectivity index (χ4v) is 3.51. The van der Waals surface area contributed by atoms with Crippen LogP contribution in [0, 0.1) is 0 Å². The molecule has 2 N–H and O–H groups in total. The zero-order chi connectivity index (χ0) is 13.0. The number of ether oxygens (including phenoxy) is 1. The smallest absolute Gasteiger partial charge is 0.119 e. The topological polar surface area (TPSA) is 38.5 Å². The summed E-state index contributed by atoms with van der Waals surface area (Å²) >= 11 is 2.09. The van der Waals surface area contributed by atoms with Crippen molar-refractivity contribution in [3.63, 3.8) is 0 Å². The molecule has 1 fully saturated rings. The number of nitrogens with zero attached hydrogens (tertiary/aromatic N) is 1. The summed E-state index contributed by atoms with van der Waals surface area (Å²) < 4.78 is 5.26. The normalized spacial score (nSPS) is 20.9. The van der Waals surface area contributed by atoms with E-state index in [-0.39, 0.29) is 0 Å². The molecule has 1 unspecified atom stereocenters. The fourth-order valence-electron chi connectivity index (χ4n) is 2.26. The Kier molecular flexibility index (Phi) is 4.78. The summed E-state index contributed by atoms with van der Waals surface area (Å²) in [5.74, 6) is 2.11. The molecule has 1 heterocycles. The van der Waals surface area contributed by atoms with Gasteiger partial charge in [0.15, 0.2) is 0 Å². The van der Waals surface area contributed by atoms with Crippen LogP contribution in [0.25, 0.3) is 0 Å². The van der Waals surface area contributed by atoms with Crippen LogP contribution in [0.5, 0.6) is 5.75 Å². The molecule has 100 valence electrons. The maximum atomic E-state index is 6.04. The van der Waals surface area contributed by atoms with E-state index in [9.17, 15) is 0 Å². The summed E-state index contributed by atoms with van der Waals surface area (Å²) in [4.78, 5) is 2.50. The molecule has 0 spiro atoms. The average Bonchev–Trinajstić information content (AvgIpc) is 2.41. The molecule has 1 aliphatic heterocycles. The largest absolute Gasteiger partial charge is 0.497 e. The summed E-state index contributed by atoms with van der Waals surface area (Å²) in [6, 6.07) is 5.90. The Hall–Kier alpha value is -0.870. The average molecular weight is 266 g/mol. The predicted molar refractivity (Wildman–Crippen MR) is 79.2 cm³/mol. The molecular formula is C14H22N2OS. The number of rotatable bonds is 4. The van der Waals surface area contributed by atoms with Crippen LogP contribution in [-0.2, 0) is 6.54 Å². The van der Waals surface area contributed by atoms with E-state index in [1.54, 1.807) is 7.11 Å². The van der Waals surface area contributed by atoms with Gasteiger partial charge >= 0.3 is 0 Å². The molecule has 0 aliphatic carbocycles. The number of thioether (sulfide) groups is 1. The lowest BCUT2D eigenvalue weighted by Crippen LogP contribution is -2.37. The van der Waals surface area contributed by atoms with Crippen molar-refractivity contribution in [3.05, 3.63) is 23.8 Å². The fraction of sp³-hybridized carbons (Fsp3) is 0.571. The number of hydrogen-bond acceptors (Lipinski definition) is 4. The first-order valence-electron chi connectivity index (χ1n) is 6.49. The summed E-state index contributed by atoms with van der Waals surface area (Å²) in [5.41, 5.74) is 8.08. The molecule has 18 heavy (non-hydrogen) atoms. The molecule has 3 nitrogen and oxygen atoms in total. The molecule has 1 atom stereocenters. The highest BCUT2D eigenvalue weighted by atomic mass is 32.2. The maximum Gasteiger partial charge on any atom is 0.119 e. The van der Waals surface area contributed by atoms with Crippen molar-refractivity contribution >= 4 is 17.4 Å². The van der Waals surface area contributed by atoms with Crippen molar-refractivity contribution in [2.75, 3.05) is 31.7 Å². The number of anilines is 1. The Morgan fingerprint density at radius 3 is 3.06 bits per heavy atom. The third-order valence-electron chi connectivity index (χ3n) is 3.42. The summed E-state index contributed by atoms with van der Waals surface area (Å²) in [7, 11) is 1.69. The van der Waals surface area contributed by atoms with Gasteiger partial charge in [-0.05, 0) is 30.2 Å². The van der Waals surface area contributed by atoms with E-state index in [0.29, 0.717) is 0 Å². The molecule has 0 bridgehead atoms. The van der Waals surface area contributed by atoms with Gasteiger partial charge in [-0.15, -0.1) is 0 Å². The van der Waals surface area contributed by atoms with E-state index in [1.807, 2.05) is 12.1 Å². The van der Waals surface area contributed by atoms with Crippen LogP contribution in [-0.4, -0.2) is 36.1 Å². The van der Waals surface area contributed by atoms with Crippen molar-refractivity contribution in [2.24, 2.45) is 0 Å². The highest BCUT2D eigenvalue weighted by Crippen LogP contribution is 2.25. The van der Waals surface area contributed by atoms with Crippen LogP contribution >= 0.6 is 11.8 Å². The number of methoxy groups -OCH3 is 1. The van der Waals surface area contributed by atoms with E-state index >= 15 is 0 Å². The zero-order valence-corrected chi connectivity index (χ0v) is 12.0. The molecule has 0 saturated carbocycles. The number of benzene rings is 1. The van der Waals surface area contributed by atoms with E-state index in [0.717, 1.165) is 36.3 Å². The monoisotopic (exact) mass is 266 g/mol. The van der Waals surface area contributed by atoms with Crippen LogP contribution in [0.1, 0.15) is 18.9 Å². The molecule has 1 aromatic rings. The van der Waals surface area contributed by atoms with Crippen molar-refractivity contribution in [1.82, 2.24) is 4.90 Å². The van der Waals surface area contributed by atoms with Crippen molar-refractivity contribution in [3.8, 4) is 5.75 Å². The van der Waals surface area contributed by atoms with Crippen LogP contribution in [0.3, 0.4) is 0 Å². The van der Waals surface area contributed by atoms with Gasteiger partial charge in [-0.25, -0.2) is 0 Å². The van der Waals surface area contributed by atoms with Crippen molar-refractivity contribution in [1.29, 1.82) is 0 Å². The van der Waals surface area contributed by atoms with E-state index in [1.165, 1.54) is 17.7 Å². The van der Waals surface area contributed by atoms with Gasteiger partial charge in [0.25, 0.3) is 0 Å². The van der Waals surface area contributed by atoms with E-state index in [4.69, 9.17) is 10.5 Å². The molecule has 0 aromatic heterocycles. The van der Waals surface area contributed by atoms with Gasteiger partial charge in [-0.1, -0.05) is 6.92 Å². The van der Waals surface area contributed by atoms with Gasteiger partial charge in [0.2, 0.25) is 0 Å². The van der Waals surface area contributed by atoms with Crippen LogP contribution in [0.15, 0.2) is 18.2 Å². The first kappa shape index (κ1) is 13.6. The summed E-state index contributed by atoms with van der Waals surface area (Å²) in [6.45, 7) is 5.51. The first-order chi connectivity index (χ1) is 8.72. The molecule has 4 heteroatoms. The minimum atomic E-state index is 0.769. The van der Waals surface area contributed by atoms with E-state index < -0.39 is 0 Å². The summed E-state index contributed by atoms with van der Waals surface area (Å²) in [6.07, 6.45) is 1.24. The molecule has 1 aliphatic rings. The van der Waals surface area contributed by atoms with Crippen molar-refractivity contribution in [2.45, 2.75) is 25.1 Å². The second kappa shape index (κ2) is 6.34. The van der Waals surface area contributed by atoms with Crippen molar-refractivity contribution < 1.29 is 4.74 Å². The van der Waals surface area contributed by atoms with E-state index in [2.05, 4.69) is 29.7 Å². The van der Waals surface area contributed by atoms with Crippen LogP contribution in [0.2, 0.25) is 0 Å². The second-order valence-corrected chi connectivity index (χ2v) is 6.11. The maximum absolute atomic E-state index is 6.04. The van der Waals surface area contributed by atoms with Gasteiger partial charge in [0.05, 0.1) is 7.11 Å². The lowest BCUT2D eigenvalue weighted by Gasteiger charge is -2.32. The van der Waals surface area contributed by atoms with Crippen LogP contribution < -0.4 is 10.5 Å². The lowest BCUT2D eigenvalue weighted by molar-refractivity contribution is 0.273. The first-order valence-corrected chi connectivity index (χ1v) is 7.54. The number of nitrogens with two attached hydrogens (primary N) is 1.